The van der Waals surface area contributed by atoms with Crippen molar-refractivity contribution in [3.63, 3.8) is 0 Å². The Labute approximate surface area is 111 Å². The van der Waals surface area contributed by atoms with E-state index in [2.05, 4.69) is 21.2 Å². The molecular formula is C13H8BrF2NO. The number of hydrogen-bond acceptors (Lipinski definition) is 1. The van der Waals surface area contributed by atoms with Crippen LogP contribution >= 0.6 is 15.9 Å². The van der Waals surface area contributed by atoms with Crippen molar-refractivity contribution in [2.45, 2.75) is 0 Å². The summed E-state index contributed by atoms with van der Waals surface area (Å²) in [4.78, 5) is 11.8. The molecule has 92 valence electrons. The number of halogens is 3. The molecule has 0 radical (unpaired) electrons. The third kappa shape index (κ3) is 2.92. The number of benzene rings is 2. The Kier molecular flexibility index (Phi) is 3.72. The lowest BCUT2D eigenvalue weighted by atomic mass is 10.2. The van der Waals surface area contributed by atoms with E-state index in [9.17, 15) is 13.6 Å². The van der Waals surface area contributed by atoms with E-state index in [0.717, 1.165) is 16.6 Å². The smallest absolute Gasteiger partial charge is 0.255 e. The second kappa shape index (κ2) is 5.27. The van der Waals surface area contributed by atoms with Crippen molar-refractivity contribution in [3.8, 4) is 0 Å². The molecule has 0 fully saturated rings. The SMILES string of the molecule is O=C(Nc1cccc(Br)c1)c1ccc(F)c(F)c1. The maximum Gasteiger partial charge on any atom is 0.255 e. The number of anilines is 1. The number of carbonyl (C=O) groups is 1. The molecule has 0 saturated heterocycles. The summed E-state index contributed by atoms with van der Waals surface area (Å²) in [5.41, 5.74) is 0.632. The minimum Gasteiger partial charge on any atom is -0.322 e. The first-order chi connectivity index (χ1) is 8.56. The summed E-state index contributed by atoms with van der Waals surface area (Å²) in [5, 5.41) is 2.59. The third-order valence-electron chi connectivity index (χ3n) is 2.26. The Morgan fingerprint density at radius 2 is 1.83 bits per heavy atom. The summed E-state index contributed by atoms with van der Waals surface area (Å²) >= 11 is 3.27. The van der Waals surface area contributed by atoms with Crippen LogP contribution < -0.4 is 5.32 Å². The highest BCUT2D eigenvalue weighted by Crippen LogP contribution is 2.17. The molecule has 0 spiro atoms. The zero-order valence-corrected chi connectivity index (χ0v) is 10.7. The molecule has 2 rings (SSSR count). The molecule has 1 N–H and O–H groups in total. The summed E-state index contributed by atoms with van der Waals surface area (Å²) < 4.78 is 26.5. The zero-order chi connectivity index (χ0) is 13.1. The molecule has 0 aliphatic carbocycles. The second-order valence-corrected chi connectivity index (χ2v) is 4.51. The van der Waals surface area contributed by atoms with Crippen molar-refractivity contribution in [3.05, 3.63) is 64.1 Å². The Morgan fingerprint density at radius 3 is 2.50 bits per heavy atom. The summed E-state index contributed by atoms with van der Waals surface area (Å²) in [6, 6.07) is 9.98. The quantitative estimate of drug-likeness (QED) is 0.893. The molecule has 5 heteroatoms. The van der Waals surface area contributed by atoms with Crippen LogP contribution in [0, 0.1) is 11.6 Å². The van der Waals surface area contributed by atoms with Crippen molar-refractivity contribution in [1.82, 2.24) is 0 Å². The fraction of sp³-hybridized carbons (Fsp3) is 0. The van der Waals surface area contributed by atoms with E-state index in [1.54, 1.807) is 18.2 Å². The molecule has 0 atom stereocenters. The number of nitrogens with one attached hydrogen (secondary N) is 1. The molecule has 0 bridgehead atoms. The van der Waals surface area contributed by atoms with Gasteiger partial charge in [-0.2, -0.15) is 0 Å². The van der Waals surface area contributed by atoms with Crippen molar-refractivity contribution < 1.29 is 13.6 Å². The van der Waals surface area contributed by atoms with Crippen molar-refractivity contribution in [1.29, 1.82) is 0 Å². The third-order valence-corrected chi connectivity index (χ3v) is 2.76. The predicted molar refractivity (Wildman–Crippen MR) is 68.5 cm³/mol. The van der Waals surface area contributed by atoms with Gasteiger partial charge in [0.05, 0.1) is 0 Å². The van der Waals surface area contributed by atoms with Gasteiger partial charge in [0.15, 0.2) is 11.6 Å². The molecule has 2 aromatic carbocycles. The number of amides is 1. The van der Waals surface area contributed by atoms with E-state index >= 15 is 0 Å². The van der Waals surface area contributed by atoms with Crippen LogP contribution in [-0.4, -0.2) is 5.91 Å². The van der Waals surface area contributed by atoms with Gasteiger partial charge in [-0.25, -0.2) is 8.78 Å². The first-order valence-corrected chi connectivity index (χ1v) is 5.87. The van der Waals surface area contributed by atoms with Crippen LogP contribution in [0.5, 0.6) is 0 Å². The van der Waals surface area contributed by atoms with Crippen LogP contribution in [0.3, 0.4) is 0 Å². The standard InChI is InChI=1S/C13H8BrF2NO/c14-9-2-1-3-10(7-9)17-13(18)8-4-5-11(15)12(16)6-8/h1-7H,(H,17,18). The molecule has 2 aromatic rings. The lowest BCUT2D eigenvalue weighted by molar-refractivity contribution is 0.102. The van der Waals surface area contributed by atoms with Gasteiger partial charge in [0.1, 0.15) is 0 Å². The first kappa shape index (κ1) is 12.7. The van der Waals surface area contributed by atoms with Crippen LogP contribution in [-0.2, 0) is 0 Å². The van der Waals surface area contributed by atoms with Gasteiger partial charge in [-0.1, -0.05) is 22.0 Å². The Bertz CT molecular complexity index is 601. The molecule has 0 aromatic heterocycles. The van der Waals surface area contributed by atoms with E-state index in [1.807, 2.05) is 6.07 Å². The first-order valence-electron chi connectivity index (χ1n) is 5.08. The molecule has 18 heavy (non-hydrogen) atoms. The number of rotatable bonds is 2. The summed E-state index contributed by atoms with van der Waals surface area (Å²) in [6.07, 6.45) is 0. The topological polar surface area (TPSA) is 29.1 Å². The number of carbonyl (C=O) groups excluding carboxylic acids is 1. The average molecular weight is 312 g/mol. The molecule has 1 amide bonds. The molecule has 0 unspecified atom stereocenters. The average Bonchev–Trinajstić information content (AvgIpc) is 2.32. The molecule has 0 aliphatic rings. The number of hydrogen-bond donors (Lipinski definition) is 1. The van der Waals surface area contributed by atoms with E-state index in [1.165, 1.54) is 6.07 Å². The van der Waals surface area contributed by atoms with Gasteiger partial charge in [-0.05, 0) is 36.4 Å². The second-order valence-electron chi connectivity index (χ2n) is 3.59. The van der Waals surface area contributed by atoms with Crippen LogP contribution in [0.15, 0.2) is 46.9 Å². The van der Waals surface area contributed by atoms with E-state index in [4.69, 9.17) is 0 Å². The minimum atomic E-state index is -1.04. The Hall–Kier alpha value is -1.75. The van der Waals surface area contributed by atoms with Crippen LogP contribution in [0.4, 0.5) is 14.5 Å². The van der Waals surface area contributed by atoms with Crippen molar-refractivity contribution >= 4 is 27.5 Å². The van der Waals surface area contributed by atoms with Gasteiger partial charge in [-0.15, -0.1) is 0 Å². The van der Waals surface area contributed by atoms with Gasteiger partial charge in [0.25, 0.3) is 5.91 Å². The van der Waals surface area contributed by atoms with Crippen molar-refractivity contribution in [2.75, 3.05) is 5.32 Å². The molecular weight excluding hydrogens is 304 g/mol. The summed E-state index contributed by atoms with van der Waals surface area (Å²) in [5.74, 6) is -2.52. The van der Waals surface area contributed by atoms with E-state index in [0.29, 0.717) is 5.69 Å². The fourth-order valence-electron chi connectivity index (χ4n) is 1.41. The molecule has 0 saturated carbocycles. The molecule has 0 aliphatic heterocycles. The lowest BCUT2D eigenvalue weighted by Gasteiger charge is -2.05. The normalized spacial score (nSPS) is 10.2. The van der Waals surface area contributed by atoms with Crippen molar-refractivity contribution in [2.24, 2.45) is 0 Å². The Balaban J connectivity index is 2.19. The predicted octanol–water partition coefficient (Wildman–Crippen LogP) is 3.98. The van der Waals surface area contributed by atoms with Gasteiger partial charge < -0.3 is 5.32 Å². The summed E-state index contributed by atoms with van der Waals surface area (Å²) in [6.45, 7) is 0. The fourth-order valence-corrected chi connectivity index (χ4v) is 1.81. The van der Waals surface area contributed by atoms with Crippen LogP contribution in [0.1, 0.15) is 10.4 Å². The zero-order valence-electron chi connectivity index (χ0n) is 9.08. The highest BCUT2D eigenvalue weighted by molar-refractivity contribution is 9.10. The monoisotopic (exact) mass is 311 g/mol. The van der Waals surface area contributed by atoms with E-state index < -0.39 is 17.5 Å². The summed E-state index contributed by atoms with van der Waals surface area (Å²) in [7, 11) is 0. The van der Waals surface area contributed by atoms with Gasteiger partial charge >= 0.3 is 0 Å². The Morgan fingerprint density at radius 1 is 1.06 bits per heavy atom. The minimum absolute atomic E-state index is 0.0638. The van der Waals surface area contributed by atoms with E-state index in [-0.39, 0.29) is 5.56 Å². The maximum atomic E-state index is 13.0. The van der Waals surface area contributed by atoms with Gasteiger partial charge in [-0.3, -0.25) is 4.79 Å². The largest absolute Gasteiger partial charge is 0.322 e. The molecule has 0 heterocycles. The highest BCUT2D eigenvalue weighted by atomic mass is 79.9. The van der Waals surface area contributed by atoms with Gasteiger partial charge in [0.2, 0.25) is 0 Å². The van der Waals surface area contributed by atoms with Crippen LogP contribution in [0.2, 0.25) is 0 Å². The highest BCUT2D eigenvalue weighted by Gasteiger charge is 2.09. The lowest BCUT2D eigenvalue weighted by Crippen LogP contribution is -2.12. The van der Waals surface area contributed by atoms with Gasteiger partial charge in [0, 0.05) is 15.7 Å². The molecule has 2 nitrogen and oxygen atoms in total. The maximum absolute atomic E-state index is 13.0. The van der Waals surface area contributed by atoms with Crippen LogP contribution in [0.25, 0.3) is 0 Å².